The van der Waals surface area contributed by atoms with Crippen LogP contribution in [0.25, 0.3) is 0 Å². The highest BCUT2D eigenvalue weighted by atomic mass is 31.3. The van der Waals surface area contributed by atoms with E-state index >= 15 is 0 Å². The van der Waals surface area contributed by atoms with E-state index < -0.39 is 83.7 Å². The van der Waals surface area contributed by atoms with Crippen LogP contribution in [0.2, 0.25) is 0 Å². The number of anilines is 1. The van der Waals surface area contributed by atoms with Crippen molar-refractivity contribution in [3.05, 3.63) is 47.1 Å². The minimum absolute atomic E-state index is 0.0314. The number of phosphoric ester groups is 2. The number of carbonyl (C=O) groups excluding carboxylic acids is 3. The molecule has 2 heterocycles. The van der Waals surface area contributed by atoms with Gasteiger partial charge in [-0.3, -0.25) is 28.0 Å². The summed E-state index contributed by atoms with van der Waals surface area (Å²) in [6.07, 6.45) is 17.2. The Morgan fingerprint density at radius 2 is 1.47 bits per heavy atom. The van der Waals surface area contributed by atoms with Crippen LogP contribution in [0.4, 0.5) is 5.82 Å². The summed E-state index contributed by atoms with van der Waals surface area (Å²) >= 11 is 0. The molecule has 21 heteroatoms. The van der Waals surface area contributed by atoms with Crippen LogP contribution in [0.1, 0.15) is 155 Å². The van der Waals surface area contributed by atoms with Crippen molar-refractivity contribution in [2.24, 2.45) is 5.92 Å². The first-order valence-electron chi connectivity index (χ1n) is 22.7. The summed E-state index contributed by atoms with van der Waals surface area (Å²) in [6, 6.07) is 1.24. The summed E-state index contributed by atoms with van der Waals surface area (Å²) in [5.74, 6) is -0.531. The van der Waals surface area contributed by atoms with E-state index in [4.69, 9.17) is 29.0 Å². The second-order valence-corrected chi connectivity index (χ2v) is 19.2. The Morgan fingerprint density at radius 3 is 2.14 bits per heavy atom. The molecule has 64 heavy (non-hydrogen) atoms. The molecular formula is C43H73N3O16P2. The van der Waals surface area contributed by atoms with Gasteiger partial charge in [0.05, 0.1) is 13.2 Å². The lowest BCUT2D eigenvalue weighted by Crippen LogP contribution is -2.36. The standard InChI is InChI=1S/C43H73N3O16P2/c1-4-6-18-24-34(47)25-20-15-10-8-7-9-11-16-21-26-38(48)57-30-35(60-39(49)27-22-17-13-12-14-19-23-33(3)5-2)31-58-63(53,54)62-64(55,56)59-32-36-40(50)41(51)42(61-36)46-29-28-37(44)45-43(46)52/h10,15,20,25,28-29,33,35-36,40-42,50-51H,4-9,11-14,16-19,21-24,26-27,30-32H2,1-3H3,(H,53,54)(H,55,56)(H2,44,45,52)/b15-10-,25-20+/t33?,35-,36-,40-,41-,42-/m1/s1. The molecule has 19 nitrogen and oxygen atoms in total. The molecule has 1 aromatic heterocycles. The van der Waals surface area contributed by atoms with E-state index in [2.05, 4.69) is 30.1 Å². The van der Waals surface area contributed by atoms with Crippen molar-refractivity contribution < 1.29 is 71.1 Å². The Labute approximate surface area is 377 Å². The van der Waals surface area contributed by atoms with Crippen molar-refractivity contribution in [2.45, 2.75) is 180 Å². The summed E-state index contributed by atoms with van der Waals surface area (Å²) in [7, 11) is -10.9. The van der Waals surface area contributed by atoms with Crippen molar-refractivity contribution in [3.63, 3.8) is 0 Å². The number of esters is 2. The van der Waals surface area contributed by atoms with Gasteiger partial charge in [0.25, 0.3) is 0 Å². The summed E-state index contributed by atoms with van der Waals surface area (Å²) < 4.78 is 56.5. The van der Waals surface area contributed by atoms with Gasteiger partial charge in [0.1, 0.15) is 30.7 Å². The number of hydrogen-bond donors (Lipinski definition) is 5. The third-order valence-electron chi connectivity index (χ3n) is 10.6. The van der Waals surface area contributed by atoms with Gasteiger partial charge in [0.2, 0.25) is 0 Å². The number of ether oxygens (including phenoxy) is 3. The van der Waals surface area contributed by atoms with E-state index in [1.165, 1.54) is 12.5 Å². The number of ketones is 1. The Bertz CT molecular complexity index is 1740. The summed E-state index contributed by atoms with van der Waals surface area (Å²) in [5.41, 5.74) is 4.57. The fourth-order valence-electron chi connectivity index (χ4n) is 6.56. The van der Waals surface area contributed by atoms with Crippen LogP contribution in [0.15, 0.2) is 41.4 Å². The molecule has 1 saturated heterocycles. The molecule has 6 N–H and O–H groups in total. The number of phosphoric acid groups is 2. The second kappa shape index (κ2) is 31.8. The predicted octanol–water partition coefficient (Wildman–Crippen LogP) is 7.31. The Morgan fingerprint density at radius 1 is 0.844 bits per heavy atom. The number of nitrogens with zero attached hydrogens (tertiary/aromatic N) is 2. The molecule has 1 aromatic rings. The van der Waals surface area contributed by atoms with Crippen molar-refractivity contribution in [1.29, 1.82) is 0 Å². The number of nitrogens with two attached hydrogens (primary N) is 1. The lowest BCUT2D eigenvalue weighted by atomic mass is 10.00. The van der Waals surface area contributed by atoms with Crippen LogP contribution in [0.3, 0.4) is 0 Å². The predicted molar refractivity (Wildman–Crippen MR) is 238 cm³/mol. The number of nitrogen functional groups attached to an aromatic ring is 1. The number of allylic oxidation sites excluding steroid dienone is 4. The Kier molecular flexibility index (Phi) is 28.3. The first-order chi connectivity index (χ1) is 30.5. The zero-order valence-electron chi connectivity index (χ0n) is 37.7. The molecule has 0 aliphatic carbocycles. The fourth-order valence-corrected chi connectivity index (χ4v) is 8.67. The fraction of sp³-hybridized carbons (Fsp3) is 0.744. The molecule has 0 saturated carbocycles. The maximum absolute atomic E-state index is 12.8. The number of aliphatic hydroxyl groups is 2. The highest BCUT2D eigenvalue weighted by molar-refractivity contribution is 7.61. The smallest absolute Gasteiger partial charge is 0.462 e. The van der Waals surface area contributed by atoms with Gasteiger partial charge >= 0.3 is 33.3 Å². The maximum Gasteiger partial charge on any atom is 0.481 e. The van der Waals surface area contributed by atoms with E-state index in [0.29, 0.717) is 25.2 Å². The van der Waals surface area contributed by atoms with Crippen LogP contribution in [-0.2, 0) is 51.1 Å². The molecule has 1 fully saturated rings. The average Bonchev–Trinajstić information content (AvgIpc) is 3.52. The Hall–Kier alpha value is -3.09. The number of rotatable bonds is 36. The van der Waals surface area contributed by atoms with E-state index in [1.54, 1.807) is 12.2 Å². The molecule has 0 radical (unpaired) electrons. The lowest BCUT2D eigenvalue weighted by Gasteiger charge is -2.21. The van der Waals surface area contributed by atoms with Gasteiger partial charge in [-0.15, -0.1) is 0 Å². The molecule has 0 amide bonds. The summed E-state index contributed by atoms with van der Waals surface area (Å²) in [6.45, 7) is 4.15. The van der Waals surface area contributed by atoms with Crippen LogP contribution in [0.5, 0.6) is 0 Å². The molecule has 0 aromatic carbocycles. The minimum Gasteiger partial charge on any atom is -0.462 e. The monoisotopic (exact) mass is 949 g/mol. The van der Waals surface area contributed by atoms with Crippen molar-refractivity contribution in [3.8, 4) is 0 Å². The van der Waals surface area contributed by atoms with Crippen LogP contribution >= 0.6 is 15.6 Å². The van der Waals surface area contributed by atoms with Crippen LogP contribution in [-0.4, -0.2) is 91.5 Å². The third kappa shape index (κ3) is 25.0. The minimum atomic E-state index is -5.43. The normalized spacial score (nSPS) is 20.5. The largest absolute Gasteiger partial charge is 0.481 e. The number of carbonyl (C=O) groups is 3. The molecule has 0 spiro atoms. The van der Waals surface area contributed by atoms with Gasteiger partial charge in [-0.1, -0.05) is 116 Å². The molecular weight excluding hydrogens is 876 g/mol. The average molecular weight is 950 g/mol. The first kappa shape index (κ1) is 57.0. The lowest BCUT2D eigenvalue weighted by molar-refractivity contribution is -0.161. The molecule has 366 valence electrons. The van der Waals surface area contributed by atoms with Crippen LogP contribution < -0.4 is 11.4 Å². The van der Waals surface area contributed by atoms with E-state index in [1.807, 2.05) is 12.2 Å². The van der Waals surface area contributed by atoms with Gasteiger partial charge in [-0.2, -0.15) is 9.29 Å². The topological polar surface area (TPSA) is 283 Å². The van der Waals surface area contributed by atoms with Crippen molar-refractivity contribution in [2.75, 3.05) is 25.6 Å². The molecule has 2 rings (SSSR count). The SMILES string of the molecule is CCCCCC(=O)/C=C/C=C\CCCCCCCC(=O)OC[C@H](COP(=O)(O)OP(=O)(O)OC[C@H]1O[C@@H](n2ccc(N)nc2=O)[C@H](O)[C@@H]1O)OC(=O)CCCCCCCCC(C)CC. The number of unbranched alkanes of at least 4 members (excludes halogenated alkanes) is 12. The van der Waals surface area contributed by atoms with Crippen molar-refractivity contribution >= 4 is 39.2 Å². The Balaban J connectivity index is 1.84. The van der Waals surface area contributed by atoms with Gasteiger partial charge in [-0.25, -0.2) is 13.9 Å². The van der Waals surface area contributed by atoms with E-state index in [-0.39, 0.29) is 24.4 Å². The molecule has 0 bridgehead atoms. The first-order valence-corrected chi connectivity index (χ1v) is 25.7. The van der Waals surface area contributed by atoms with E-state index in [0.717, 1.165) is 101 Å². The summed E-state index contributed by atoms with van der Waals surface area (Å²) in [5, 5.41) is 20.8. The second-order valence-electron chi connectivity index (χ2n) is 16.2. The van der Waals surface area contributed by atoms with E-state index in [9.17, 15) is 48.3 Å². The number of hydrogen-bond acceptors (Lipinski definition) is 16. The molecule has 1 aliphatic heterocycles. The van der Waals surface area contributed by atoms with Gasteiger partial charge < -0.3 is 39.9 Å². The summed E-state index contributed by atoms with van der Waals surface area (Å²) in [4.78, 5) is 73.4. The quantitative estimate of drug-likeness (QED) is 0.0145. The number of aromatic nitrogens is 2. The third-order valence-corrected chi connectivity index (χ3v) is 13.2. The highest BCUT2D eigenvalue weighted by Crippen LogP contribution is 2.60. The van der Waals surface area contributed by atoms with Crippen LogP contribution in [0, 0.1) is 5.92 Å². The zero-order chi connectivity index (χ0) is 47.4. The zero-order valence-corrected chi connectivity index (χ0v) is 39.5. The van der Waals surface area contributed by atoms with Gasteiger partial charge in [-0.05, 0) is 50.2 Å². The van der Waals surface area contributed by atoms with Gasteiger partial charge in [0, 0.05) is 25.5 Å². The maximum atomic E-state index is 12.8. The molecule has 3 unspecified atom stereocenters. The molecule has 1 aliphatic rings. The number of aliphatic hydroxyl groups excluding tert-OH is 2. The highest BCUT2D eigenvalue weighted by Gasteiger charge is 2.46. The van der Waals surface area contributed by atoms with Gasteiger partial charge in [0.15, 0.2) is 18.1 Å². The van der Waals surface area contributed by atoms with Crippen molar-refractivity contribution in [1.82, 2.24) is 9.55 Å². The molecule has 8 atom stereocenters.